The molecule has 0 aromatic heterocycles. The van der Waals surface area contributed by atoms with Gasteiger partial charge in [-0.15, -0.1) is 0 Å². The Morgan fingerprint density at radius 1 is 1.10 bits per heavy atom. The largest absolute Gasteiger partial charge is 0.372 e. The summed E-state index contributed by atoms with van der Waals surface area (Å²) in [7, 11) is -5.22. The Bertz CT molecular complexity index is 748. The molecule has 3 saturated heterocycles. The molecule has 2 N–H and O–H groups in total. The highest BCUT2D eigenvalue weighted by Crippen LogP contribution is 2.65. The monoisotopic (exact) mass is 450 g/mol. The molecule has 3 amide bonds. The van der Waals surface area contributed by atoms with E-state index in [0.717, 1.165) is 4.90 Å². The Kier molecular flexibility index (Phi) is 6.14. The lowest BCUT2D eigenvalue weighted by Crippen LogP contribution is -2.73. The van der Waals surface area contributed by atoms with E-state index in [-0.39, 0.29) is 38.5 Å². The summed E-state index contributed by atoms with van der Waals surface area (Å²) in [6, 6.07) is -0.654. The lowest BCUT2D eigenvalue weighted by molar-refractivity contribution is -0.202. The highest BCUT2D eigenvalue weighted by Gasteiger charge is 2.78. The first-order valence-corrected chi connectivity index (χ1v) is 11.7. The summed E-state index contributed by atoms with van der Waals surface area (Å²) in [4.78, 5) is 50.5. The van der Waals surface area contributed by atoms with Gasteiger partial charge in [-0.05, 0) is 34.6 Å². The zero-order chi connectivity index (χ0) is 22.5. The van der Waals surface area contributed by atoms with E-state index in [4.69, 9.17) is 18.9 Å². The van der Waals surface area contributed by atoms with Gasteiger partial charge in [0.2, 0.25) is 5.34 Å². The second kappa shape index (κ2) is 7.81. The van der Waals surface area contributed by atoms with Gasteiger partial charge in [-0.25, -0.2) is 4.79 Å². The molecule has 0 saturated carbocycles. The van der Waals surface area contributed by atoms with Crippen LogP contribution >= 0.6 is 7.60 Å². The Labute approximate surface area is 175 Å². The summed E-state index contributed by atoms with van der Waals surface area (Å²) < 4.78 is 35.1. The first-order chi connectivity index (χ1) is 13.9. The fourth-order valence-corrected chi connectivity index (χ4v) is 6.44. The predicted octanol–water partition coefficient (Wildman–Crippen LogP) is 0.533. The molecule has 0 radical (unpaired) electrons. The van der Waals surface area contributed by atoms with E-state index in [1.54, 1.807) is 13.8 Å². The average Bonchev–Trinajstić information content (AvgIpc) is 3.53. The molecule has 3 aliphatic heterocycles. The number of urea groups is 1. The number of epoxide rings is 2. The van der Waals surface area contributed by atoms with E-state index in [1.807, 2.05) is 0 Å². The highest BCUT2D eigenvalue weighted by atomic mass is 31.2. The van der Waals surface area contributed by atoms with Crippen LogP contribution in [0.3, 0.4) is 0 Å². The van der Waals surface area contributed by atoms with Crippen molar-refractivity contribution in [1.29, 1.82) is 0 Å². The molecule has 12 heteroatoms. The van der Waals surface area contributed by atoms with Crippen molar-refractivity contribution in [1.82, 2.24) is 9.80 Å². The molecule has 0 aromatic rings. The van der Waals surface area contributed by atoms with E-state index in [9.17, 15) is 23.9 Å². The topological polar surface area (TPSA) is 142 Å². The van der Waals surface area contributed by atoms with Gasteiger partial charge >= 0.3 is 13.6 Å². The maximum absolute atomic E-state index is 13.7. The van der Waals surface area contributed by atoms with Crippen molar-refractivity contribution in [2.45, 2.75) is 63.3 Å². The fraction of sp³-hybridized carbons (Fsp3) is 0.889. The van der Waals surface area contributed by atoms with Crippen LogP contribution in [0, 0.1) is 0 Å². The minimum Gasteiger partial charge on any atom is -0.372 e. The van der Waals surface area contributed by atoms with Gasteiger partial charge in [-0.2, -0.15) is 0 Å². The van der Waals surface area contributed by atoms with Crippen LogP contribution in [0.5, 0.6) is 0 Å². The quantitative estimate of drug-likeness (QED) is 0.262. The number of imide groups is 1. The van der Waals surface area contributed by atoms with Crippen molar-refractivity contribution in [3.63, 3.8) is 0 Å². The van der Waals surface area contributed by atoms with Gasteiger partial charge in [-0.1, -0.05) is 0 Å². The second-order valence-electron chi connectivity index (χ2n) is 8.36. The van der Waals surface area contributed by atoms with Gasteiger partial charge < -0.3 is 33.6 Å². The zero-order valence-corrected chi connectivity index (χ0v) is 18.9. The van der Waals surface area contributed by atoms with Crippen LogP contribution < -0.4 is 0 Å². The van der Waals surface area contributed by atoms with Crippen molar-refractivity contribution >= 4 is 19.5 Å². The zero-order valence-electron chi connectivity index (χ0n) is 18.0. The average molecular weight is 450 g/mol. The minimum absolute atomic E-state index is 0.000125. The summed E-state index contributed by atoms with van der Waals surface area (Å²) in [5, 5.41) is -2.46. The Balaban J connectivity index is 2.21. The van der Waals surface area contributed by atoms with Crippen molar-refractivity contribution in [3.8, 4) is 0 Å². The van der Waals surface area contributed by atoms with Gasteiger partial charge in [0.1, 0.15) is 5.60 Å². The molecule has 3 aliphatic rings. The molecule has 4 atom stereocenters. The van der Waals surface area contributed by atoms with Gasteiger partial charge in [0.25, 0.3) is 5.91 Å². The third kappa shape index (κ3) is 3.50. The van der Waals surface area contributed by atoms with Crippen LogP contribution in [-0.2, 0) is 28.3 Å². The molecule has 11 nitrogen and oxygen atoms in total. The van der Waals surface area contributed by atoms with Gasteiger partial charge in [0.05, 0.1) is 38.5 Å². The maximum atomic E-state index is 13.7. The second-order valence-corrected chi connectivity index (χ2v) is 10.1. The Morgan fingerprint density at radius 2 is 1.60 bits per heavy atom. The number of hydrogen-bond acceptors (Lipinski definition) is 7. The van der Waals surface area contributed by atoms with Crippen molar-refractivity contribution in [2.75, 3.05) is 39.5 Å². The fourth-order valence-electron chi connectivity index (χ4n) is 4.59. The van der Waals surface area contributed by atoms with Crippen LogP contribution in [0.4, 0.5) is 4.79 Å². The first kappa shape index (κ1) is 23.6. The molecule has 4 unspecified atom stereocenters. The number of ether oxygens (including phenoxy) is 4. The molecular formula is C18H31N2O9P. The van der Waals surface area contributed by atoms with Crippen LogP contribution in [0.1, 0.15) is 34.6 Å². The first-order valence-electron chi connectivity index (χ1n) is 10.1. The van der Waals surface area contributed by atoms with E-state index in [2.05, 4.69) is 0 Å². The van der Waals surface area contributed by atoms with Crippen LogP contribution in [0.25, 0.3) is 0 Å². The van der Waals surface area contributed by atoms with Crippen molar-refractivity contribution < 1.29 is 42.9 Å². The lowest BCUT2D eigenvalue weighted by Gasteiger charge is -2.54. The maximum Gasteiger partial charge on any atom is 0.363 e. The summed E-state index contributed by atoms with van der Waals surface area (Å²) in [5.41, 5.74) is -3.67. The molecule has 0 bridgehead atoms. The highest BCUT2D eigenvalue weighted by molar-refractivity contribution is 7.53. The smallest absolute Gasteiger partial charge is 0.363 e. The summed E-state index contributed by atoms with van der Waals surface area (Å²) in [5.74, 6) is -0.756. The molecular weight excluding hydrogens is 419 g/mol. The van der Waals surface area contributed by atoms with Gasteiger partial charge in [0.15, 0.2) is 5.54 Å². The molecule has 30 heavy (non-hydrogen) atoms. The predicted molar refractivity (Wildman–Crippen MR) is 104 cm³/mol. The molecule has 172 valence electrons. The van der Waals surface area contributed by atoms with E-state index < -0.39 is 36.0 Å². The molecule has 0 aromatic carbocycles. The Morgan fingerprint density at radius 3 is 2.03 bits per heavy atom. The van der Waals surface area contributed by atoms with Crippen LogP contribution in [-0.4, -0.2) is 99.7 Å². The number of nitrogens with zero attached hydrogens (tertiary/aromatic N) is 2. The number of amides is 3. The van der Waals surface area contributed by atoms with Gasteiger partial charge in [-0.3, -0.25) is 14.3 Å². The van der Waals surface area contributed by atoms with E-state index in [0.29, 0.717) is 13.2 Å². The number of rotatable bonds is 11. The SMILES string of the molecule is CCOC(C)(C)C(OCC)(C1(C)C(=O)N(CC2CO2)C(=O)N1CC1CO1)P(=O)(O)O. The Hall–Kier alpha value is -1.07. The third-order valence-electron chi connectivity index (χ3n) is 5.98. The van der Waals surface area contributed by atoms with Crippen LogP contribution in [0.2, 0.25) is 0 Å². The standard InChI is InChI=1S/C18H31N2O9P/c1-6-28-16(3,4)18(29-7-2,30(23,24)25)17(5)14(21)19(8-12-10-26-12)15(22)20(17)9-13-11-27-13/h12-13H,6-11H2,1-5H3,(H2,23,24,25). The number of carbonyl (C=O) groups excluding carboxylic acids is 2. The van der Waals surface area contributed by atoms with E-state index in [1.165, 1.54) is 25.7 Å². The summed E-state index contributed by atoms with van der Waals surface area (Å²) in [6.45, 7) is 8.34. The molecule has 0 spiro atoms. The van der Waals surface area contributed by atoms with Crippen LogP contribution in [0.15, 0.2) is 0 Å². The summed E-state index contributed by atoms with van der Waals surface area (Å²) in [6.07, 6.45) is -0.597. The number of hydrogen-bond donors (Lipinski definition) is 2. The van der Waals surface area contributed by atoms with Crippen molar-refractivity contribution in [2.24, 2.45) is 0 Å². The molecule has 3 rings (SSSR count). The molecule has 3 fully saturated rings. The summed E-state index contributed by atoms with van der Waals surface area (Å²) >= 11 is 0. The minimum atomic E-state index is -5.22. The lowest BCUT2D eigenvalue weighted by atomic mass is 9.81. The third-order valence-corrected chi connectivity index (χ3v) is 7.91. The molecule has 0 aliphatic carbocycles. The van der Waals surface area contributed by atoms with Gasteiger partial charge in [0, 0.05) is 13.2 Å². The normalized spacial score (nSPS) is 31.3. The number of carbonyl (C=O) groups is 2. The molecule has 3 heterocycles. The van der Waals surface area contributed by atoms with Crippen molar-refractivity contribution in [3.05, 3.63) is 0 Å². The van der Waals surface area contributed by atoms with E-state index >= 15 is 0 Å².